The van der Waals surface area contributed by atoms with E-state index in [0.29, 0.717) is 0 Å². The van der Waals surface area contributed by atoms with Gasteiger partial charge in [-0.15, -0.1) is 0 Å². The van der Waals surface area contributed by atoms with Crippen LogP contribution < -0.4 is 5.32 Å². The van der Waals surface area contributed by atoms with E-state index in [0.717, 1.165) is 36.1 Å². The normalized spacial score (nSPS) is 17.3. The number of imide groups is 1. The van der Waals surface area contributed by atoms with Gasteiger partial charge in [0.2, 0.25) is 0 Å². The molecule has 7 nitrogen and oxygen atoms in total. The number of esters is 1. The van der Waals surface area contributed by atoms with Gasteiger partial charge in [-0.1, -0.05) is 68.1 Å². The lowest BCUT2D eigenvalue weighted by molar-refractivity contribution is -0.152. The molecule has 7 heteroatoms. The molecule has 33 heavy (non-hydrogen) atoms. The third-order valence-electron chi connectivity index (χ3n) is 6.25. The van der Waals surface area contributed by atoms with Gasteiger partial charge in [0.05, 0.1) is 11.1 Å². The Hall–Kier alpha value is -3.48. The first-order valence-corrected chi connectivity index (χ1v) is 11.5. The fourth-order valence-corrected chi connectivity index (χ4v) is 4.53. The van der Waals surface area contributed by atoms with Crippen molar-refractivity contribution in [2.24, 2.45) is 0 Å². The van der Waals surface area contributed by atoms with E-state index in [1.165, 1.54) is 12.8 Å². The van der Waals surface area contributed by atoms with E-state index in [2.05, 4.69) is 5.32 Å². The molecule has 0 aromatic heterocycles. The Morgan fingerprint density at radius 1 is 0.879 bits per heavy atom. The summed E-state index contributed by atoms with van der Waals surface area (Å²) in [6.07, 6.45) is 6.44. The Morgan fingerprint density at radius 3 is 2.06 bits per heavy atom. The predicted molar refractivity (Wildman–Crippen MR) is 121 cm³/mol. The highest BCUT2D eigenvalue weighted by Crippen LogP contribution is 2.26. The van der Waals surface area contributed by atoms with E-state index in [9.17, 15) is 19.2 Å². The number of carbonyl (C=O) groups is 4. The lowest BCUT2D eigenvalue weighted by Crippen LogP contribution is -2.48. The van der Waals surface area contributed by atoms with Crippen LogP contribution >= 0.6 is 0 Å². The number of nitrogens with one attached hydrogen (secondary N) is 1. The van der Waals surface area contributed by atoms with Gasteiger partial charge in [-0.2, -0.15) is 0 Å². The van der Waals surface area contributed by atoms with E-state index in [-0.39, 0.29) is 29.5 Å². The largest absolute Gasteiger partial charge is 0.454 e. The third kappa shape index (κ3) is 5.30. The fraction of sp³-hybridized carbons (Fsp3) is 0.385. The number of fused-ring (bicyclic) bond motifs is 1. The maximum atomic E-state index is 13.1. The van der Waals surface area contributed by atoms with Crippen LogP contribution in [0.2, 0.25) is 0 Å². The summed E-state index contributed by atoms with van der Waals surface area (Å²) < 4.78 is 5.32. The molecular formula is C26H28N2O5. The Labute approximate surface area is 193 Å². The highest BCUT2D eigenvalue weighted by atomic mass is 16.5. The van der Waals surface area contributed by atoms with Gasteiger partial charge in [-0.3, -0.25) is 19.3 Å². The molecule has 0 bridgehead atoms. The average Bonchev–Trinajstić information content (AvgIpc) is 2.98. The molecule has 4 rings (SSSR count). The molecule has 0 spiro atoms. The molecule has 2 aliphatic rings. The van der Waals surface area contributed by atoms with E-state index >= 15 is 0 Å². The highest BCUT2D eigenvalue weighted by Gasteiger charge is 2.43. The molecule has 1 atom stereocenters. The number of carbonyl (C=O) groups excluding carboxylic acids is 4. The molecule has 1 aliphatic carbocycles. The SMILES string of the molecule is O=C(COC(=O)[C@H](Cc1ccccc1)N1C(=O)c2ccccc2C1=O)NC1CCCCCC1. The standard InChI is InChI=1S/C26H28N2O5/c29-23(27-19-12-6-1-2-7-13-19)17-33-26(32)22(16-18-10-4-3-5-11-18)28-24(30)20-14-8-9-15-21(20)25(28)31/h3-5,8-11,14-15,19,22H,1-2,6-7,12-13,16-17H2,(H,27,29)/t22-/m0/s1. The van der Waals surface area contributed by atoms with Gasteiger partial charge in [0, 0.05) is 12.5 Å². The zero-order valence-electron chi connectivity index (χ0n) is 18.5. The number of hydrogen-bond acceptors (Lipinski definition) is 5. The molecule has 1 saturated carbocycles. The van der Waals surface area contributed by atoms with Crippen LogP contribution in [0.1, 0.15) is 64.8 Å². The molecule has 1 aliphatic heterocycles. The van der Waals surface area contributed by atoms with Gasteiger partial charge >= 0.3 is 5.97 Å². The molecule has 0 unspecified atom stereocenters. The first-order chi connectivity index (χ1) is 16.0. The zero-order valence-corrected chi connectivity index (χ0v) is 18.5. The molecule has 1 heterocycles. The monoisotopic (exact) mass is 448 g/mol. The summed E-state index contributed by atoms with van der Waals surface area (Å²) in [6.45, 7) is -0.441. The molecule has 172 valence electrons. The van der Waals surface area contributed by atoms with Crippen LogP contribution in [0.25, 0.3) is 0 Å². The molecule has 2 aromatic carbocycles. The smallest absolute Gasteiger partial charge is 0.330 e. The summed E-state index contributed by atoms with van der Waals surface area (Å²) in [4.78, 5) is 52.4. The second kappa shape index (κ2) is 10.4. The van der Waals surface area contributed by atoms with E-state index < -0.39 is 30.4 Å². The molecule has 1 N–H and O–H groups in total. The van der Waals surface area contributed by atoms with Crippen LogP contribution in [0.4, 0.5) is 0 Å². The fourth-order valence-electron chi connectivity index (χ4n) is 4.53. The summed E-state index contributed by atoms with van der Waals surface area (Å²) in [5.41, 5.74) is 1.30. The van der Waals surface area contributed by atoms with Crippen LogP contribution in [-0.2, 0) is 20.7 Å². The second-order valence-corrected chi connectivity index (χ2v) is 8.60. The van der Waals surface area contributed by atoms with Gasteiger partial charge in [0.15, 0.2) is 6.61 Å². The lowest BCUT2D eigenvalue weighted by Gasteiger charge is -2.25. The van der Waals surface area contributed by atoms with Crippen molar-refractivity contribution < 1.29 is 23.9 Å². The molecule has 0 radical (unpaired) electrons. The molecule has 3 amide bonds. The number of benzene rings is 2. The second-order valence-electron chi connectivity index (χ2n) is 8.60. The molecular weight excluding hydrogens is 420 g/mol. The van der Waals surface area contributed by atoms with Gasteiger partial charge < -0.3 is 10.1 Å². The minimum atomic E-state index is -1.16. The van der Waals surface area contributed by atoms with Crippen LogP contribution in [0, 0.1) is 0 Å². The van der Waals surface area contributed by atoms with Gasteiger partial charge in [-0.05, 0) is 30.5 Å². The minimum absolute atomic E-state index is 0.0926. The third-order valence-corrected chi connectivity index (χ3v) is 6.25. The van der Waals surface area contributed by atoms with Crippen molar-refractivity contribution >= 4 is 23.7 Å². The summed E-state index contributed by atoms with van der Waals surface area (Å²) in [5, 5.41) is 2.94. The van der Waals surface area contributed by atoms with Crippen molar-refractivity contribution in [1.82, 2.24) is 10.2 Å². The number of hydrogen-bond donors (Lipinski definition) is 1. The summed E-state index contributed by atoms with van der Waals surface area (Å²) in [5.74, 6) is -2.20. The van der Waals surface area contributed by atoms with E-state index in [1.807, 2.05) is 30.3 Å². The Balaban J connectivity index is 1.47. The molecule has 1 fully saturated rings. The number of ether oxygens (including phenoxy) is 1. The van der Waals surface area contributed by atoms with Crippen molar-refractivity contribution in [2.75, 3.05) is 6.61 Å². The maximum Gasteiger partial charge on any atom is 0.330 e. The first kappa shape index (κ1) is 22.7. The van der Waals surface area contributed by atoms with Crippen LogP contribution in [-0.4, -0.2) is 47.3 Å². The number of rotatable bonds is 7. The quantitative estimate of drug-likeness (QED) is 0.399. The average molecular weight is 449 g/mol. The van der Waals surface area contributed by atoms with E-state index in [4.69, 9.17) is 4.74 Å². The summed E-state index contributed by atoms with van der Waals surface area (Å²) in [7, 11) is 0. The van der Waals surface area contributed by atoms with Crippen LogP contribution in [0.3, 0.4) is 0 Å². The maximum absolute atomic E-state index is 13.1. The van der Waals surface area contributed by atoms with Crippen molar-refractivity contribution in [3.05, 3.63) is 71.3 Å². The lowest BCUT2D eigenvalue weighted by atomic mass is 10.0. The van der Waals surface area contributed by atoms with Gasteiger partial charge in [0.1, 0.15) is 6.04 Å². The summed E-state index contributed by atoms with van der Waals surface area (Å²) >= 11 is 0. The van der Waals surface area contributed by atoms with E-state index in [1.54, 1.807) is 24.3 Å². The van der Waals surface area contributed by atoms with Crippen LogP contribution in [0.5, 0.6) is 0 Å². The Kier molecular flexibility index (Phi) is 7.17. The summed E-state index contributed by atoms with van der Waals surface area (Å²) in [6, 6.07) is 14.5. The Morgan fingerprint density at radius 2 is 1.45 bits per heavy atom. The van der Waals surface area contributed by atoms with Crippen LogP contribution in [0.15, 0.2) is 54.6 Å². The van der Waals surface area contributed by atoms with Crippen molar-refractivity contribution in [1.29, 1.82) is 0 Å². The highest BCUT2D eigenvalue weighted by molar-refractivity contribution is 6.22. The Bertz CT molecular complexity index is 993. The first-order valence-electron chi connectivity index (χ1n) is 11.5. The molecule has 2 aromatic rings. The molecule has 0 saturated heterocycles. The van der Waals surface area contributed by atoms with Crippen molar-refractivity contribution in [3.63, 3.8) is 0 Å². The number of nitrogens with zero attached hydrogens (tertiary/aromatic N) is 1. The van der Waals surface area contributed by atoms with Gasteiger partial charge in [0.25, 0.3) is 17.7 Å². The predicted octanol–water partition coefficient (Wildman–Crippen LogP) is 3.28. The van der Waals surface area contributed by atoms with Gasteiger partial charge in [-0.25, -0.2) is 4.79 Å². The minimum Gasteiger partial charge on any atom is -0.454 e. The number of amides is 3. The zero-order chi connectivity index (χ0) is 23.2. The van der Waals surface area contributed by atoms with Crippen molar-refractivity contribution in [3.8, 4) is 0 Å². The topological polar surface area (TPSA) is 92.8 Å². The van der Waals surface area contributed by atoms with Crippen molar-refractivity contribution in [2.45, 2.75) is 57.0 Å².